The molecule has 3 aromatic rings. The molecule has 0 aliphatic rings. The van der Waals surface area contributed by atoms with Crippen LogP contribution in [0.15, 0.2) is 67.0 Å². The first-order valence-corrected chi connectivity index (χ1v) is 8.97. The van der Waals surface area contributed by atoms with Gasteiger partial charge in [-0.15, -0.1) is 0 Å². The Labute approximate surface area is 165 Å². The number of carbonyl (C=O) groups excluding carboxylic acids is 1. The lowest BCUT2D eigenvalue weighted by molar-refractivity contribution is 0.0729. The van der Waals surface area contributed by atoms with Crippen LogP contribution < -0.4 is 9.47 Å². The van der Waals surface area contributed by atoms with Gasteiger partial charge in [0.25, 0.3) is 0 Å². The highest BCUT2D eigenvalue weighted by molar-refractivity contribution is 14.1. The Morgan fingerprint density at radius 2 is 1.62 bits per heavy atom. The molecule has 0 aliphatic carbocycles. The quantitative estimate of drug-likeness (QED) is 0.305. The Hall–Kier alpha value is -2.67. The lowest BCUT2D eigenvalue weighted by atomic mass is 10.1. The molecule has 0 radical (unpaired) electrons. The summed E-state index contributed by atoms with van der Waals surface area (Å²) in [5, 5.41) is 0. The van der Waals surface area contributed by atoms with Crippen molar-refractivity contribution in [3.8, 4) is 11.5 Å². The molecule has 0 atom stereocenters. The second-order valence-electron chi connectivity index (χ2n) is 5.42. The van der Waals surface area contributed by atoms with Crippen molar-refractivity contribution in [3.05, 3.63) is 87.3 Å². The summed E-state index contributed by atoms with van der Waals surface area (Å²) < 4.78 is 11.9. The first-order valence-electron chi connectivity index (χ1n) is 7.89. The van der Waals surface area contributed by atoms with Crippen molar-refractivity contribution in [3.63, 3.8) is 0 Å². The number of carbonyl (C=O) groups is 1. The van der Waals surface area contributed by atoms with Crippen LogP contribution in [0.25, 0.3) is 12.2 Å². The summed E-state index contributed by atoms with van der Waals surface area (Å²) in [7, 11) is 1.55. The molecule has 1 heterocycles. The maximum absolute atomic E-state index is 12.3. The number of halogens is 1. The molecule has 0 amide bonds. The van der Waals surface area contributed by atoms with Gasteiger partial charge in [-0.1, -0.05) is 18.2 Å². The predicted octanol–water partition coefficient (Wildman–Crippen LogP) is 5.08. The molecule has 0 unspecified atom stereocenters. The van der Waals surface area contributed by atoms with Crippen molar-refractivity contribution in [2.45, 2.75) is 0 Å². The largest absolute Gasteiger partial charge is 0.493 e. The van der Waals surface area contributed by atoms with Gasteiger partial charge in [-0.3, -0.25) is 4.98 Å². The van der Waals surface area contributed by atoms with Gasteiger partial charge in [-0.2, -0.15) is 0 Å². The minimum atomic E-state index is -0.417. The smallest absolute Gasteiger partial charge is 0.343 e. The number of benzene rings is 2. The monoisotopic (exact) mass is 457 g/mol. The van der Waals surface area contributed by atoms with Crippen LogP contribution in [-0.4, -0.2) is 18.1 Å². The molecular weight excluding hydrogens is 441 g/mol. The third kappa shape index (κ3) is 4.70. The normalized spacial score (nSPS) is 10.7. The number of methoxy groups -OCH3 is 1. The summed E-state index contributed by atoms with van der Waals surface area (Å²) in [6, 6.07) is 16.5. The van der Waals surface area contributed by atoms with Gasteiger partial charge >= 0.3 is 5.97 Å². The Morgan fingerprint density at radius 1 is 0.923 bits per heavy atom. The van der Waals surface area contributed by atoms with Crippen LogP contribution in [0.4, 0.5) is 0 Å². The number of pyridine rings is 1. The highest BCUT2D eigenvalue weighted by Gasteiger charge is 2.12. The van der Waals surface area contributed by atoms with Gasteiger partial charge < -0.3 is 9.47 Å². The molecule has 4 nitrogen and oxygen atoms in total. The SMILES string of the molecule is COc1cc(/C=C/c2ccncc2)ccc1OC(=O)c1ccc(I)cc1. The first kappa shape index (κ1) is 18.1. The number of rotatable bonds is 5. The van der Waals surface area contributed by atoms with E-state index >= 15 is 0 Å². The Morgan fingerprint density at radius 3 is 2.31 bits per heavy atom. The van der Waals surface area contributed by atoms with Gasteiger partial charge in [0.05, 0.1) is 12.7 Å². The van der Waals surface area contributed by atoms with E-state index in [1.165, 1.54) is 0 Å². The molecule has 5 heteroatoms. The van der Waals surface area contributed by atoms with Crippen molar-refractivity contribution in [1.82, 2.24) is 4.98 Å². The molecular formula is C21H16INO3. The fourth-order valence-electron chi connectivity index (χ4n) is 2.28. The maximum Gasteiger partial charge on any atom is 0.343 e. The van der Waals surface area contributed by atoms with E-state index in [0.717, 1.165) is 14.7 Å². The third-order valence-corrected chi connectivity index (χ3v) is 4.36. The van der Waals surface area contributed by atoms with Crippen LogP contribution in [0.1, 0.15) is 21.5 Å². The second-order valence-corrected chi connectivity index (χ2v) is 6.67. The molecule has 0 saturated heterocycles. The van der Waals surface area contributed by atoms with Crippen LogP contribution in [-0.2, 0) is 0 Å². The standard InChI is InChI=1S/C21H16INO3/c1-25-20-14-16(3-2-15-10-12-23-13-11-15)4-9-19(20)26-21(24)17-5-7-18(22)8-6-17/h2-14H,1H3/b3-2+. The lowest BCUT2D eigenvalue weighted by Gasteiger charge is -2.10. The number of aromatic nitrogens is 1. The van der Waals surface area contributed by atoms with E-state index in [1.807, 2.05) is 48.6 Å². The summed E-state index contributed by atoms with van der Waals surface area (Å²) in [6.45, 7) is 0. The summed E-state index contributed by atoms with van der Waals surface area (Å²) >= 11 is 2.19. The molecule has 1 aromatic heterocycles. The number of hydrogen-bond donors (Lipinski definition) is 0. The highest BCUT2D eigenvalue weighted by Crippen LogP contribution is 2.29. The molecule has 0 N–H and O–H groups in total. The van der Waals surface area contributed by atoms with Crippen LogP contribution >= 0.6 is 22.6 Å². The Kier molecular flexibility index (Phi) is 6.01. The van der Waals surface area contributed by atoms with E-state index in [1.54, 1.807) is 37.7 Å². The molecule has 26 heavy (non-hydrogen) atoms. The van der Waals surface area contributed by atoms with Crippen molar-refractivity contribution < 1.29 is 14.3 Å². The Balaban J connectivity index is 1.77. The highest BCUT2D eigenvalue weighted by atomic mass is 127. The molecule has 3 rings (SSSR count). The average Bonchev–Trinajstić information content (AvgIpc) is 2.68. The van der Waals surface area contributed by atoms with Crippen molar-refractivity contribution >= 4 is 40.7 Å². The van der Waals surface area contributed by atoms with Crippen molar-refractivity contribution in [2.24, 2.45) is 0 Å². The van der Waals surface area contributed by atoms with E-state index in [4.69, 9.17) is 9.47 Å². The van der Waals surface area contributed by atoms with E-state index in [-0.39, 0.29) is 0 Å². The summed E-state index contributed by atoms with van der Waals surface area (Å²) in [6.07, 6.45) is 7.43. The maximum atomic E-state index is 12.3. The zero-order chi connectivity index (χ0) is 18.4. The summed E-state index contributed by atoms with van der Waals surface area (Å²) in [5.74, 6) is 0.470. The van der Waals surface area contributed by atoms with E-state index in [0.29, 0.717) is 17.1 Å². The van der Waals surface area contributed by atoms with Gasteiger partial charge in [0, 0.05) is 16.0 Å². The second kappa shape index (κ2) is 8.62. The van der Waals surface area contributed by atoms with E-state index < -0.39 is 5.97 Å². The molecule has 0 saturated carbocycles. The minimum absolute atomic E-state index is 0.386. The van der Waals surface area contributed by atoms with Gasteiger partial charge in [-0.05, 0) is 82.2 Å². The topological polar surface area (TPSA) is 48.4 Å². The van der Waals surface area contributed by atoms with Crippen LogP contribution in [0.3, 0.4) is 0 Å². The number of hydrogen-bond acceptors (Lipinski definition) is 4. The molecule has 130 valence electrons. The van der Waals surface area contributed by atoms with Gasteiger partial charge in [0.1, 0.15) is 0 Å². The van der Waals surface area contributed by atoms with E-state index in [2.05, 4.69) is 27.6 Å². The number of esters is 1. The average molecular weight is 457 g/mol. The minimum Gasteiger partial charge on any atom is -0.493 e. The molecule has 0 spiro atoms. The van der Waals surface area contributed by atoms with Crippen LogP contribution in [0.2, 0.25) is 0 Å². The zero-order valence-electron chi connectivity index (χ0n) is 14.1. The fourth-order valence-corrected chi connectivity index (χ4v) is 2.64. The lowest BCUT2D eigenvalue weighted by Crippen LogP contribution is -2.09. The number of ether oxygens (including phenoxy) is 2. The summed E-state index contributed by atoms with van der Waals surface area (Å²) in [4.78, 5) is 16.3. The first-order chi connectivity index (χ1) is 12.7. The van der Waals surface area contributed by atoms with Gasteiger partial charge in [0.15, 0.2) is 11.5 Å². The van der Waals surface area contributed by atoms with Gasteiger partial charge in [-0.25, -0.2) is 4.79 Å². The third-order valence-electron chi connectivity index (χ3n) is 3.64. The molecule has 2 aromatic carbocycles. The molecule has 0 bridgehead atoms. The van der Waals surface area contributed by atoms with Crippen molar-refractivity contribution in [1.29, 1.82) is 0 Å². The predicted molar refractivity (Wildman–Crippen MR) is 110 cm³/mol. The number of nitrogens with zero attached hydrogens (tertiary/aromatic N) is 1. The summed E-state index contributed by atoms with van der Waals surface area (Å²) in [5.41, 5.74) is 2.48. The zero-order valence-corrected chi connectivity index (χ0v) is 16.2. The molecule has 0 aliphatic heterocycles. The Bertz CT molecular complexity index is 922. The van der Waals surface area contributed by atoms with Crippen LogP contribution in [0, 0.1) is 3.57 Å². The molecule has 0 fully saturated rings. The fraction of sp³-hybridized carbons (Fsp3) is 0.0476. The van der Waals surface area contributed by atoms with E-state index in [9.17, 15) is 4.79 Å². The van der Waals surface area contributed by atoms with Crippen molar-refractivity contribution in [2.75, 3.05) is 7.11 Å². The van der Waals surface area contributed by atoms with Crippen LogP contribution in [0.5, 0.6) is 11.5 Å². The van der Waals surface area contributed by atoms with Gasteiger partial charge in [0.2, 0.25) is 0 Å².